The van der Waals surface area contributed by atoms with Gasteiger partial charge >= 0.3 is 0 Å². The Morgan fingerprint density at radius 1 is 1.12 bits per heavy atom. The molecular formula is C18H21N3O2S. The van der Waals surface area contributed by atoms with E-state index in [2.05, 4.69) is 20.3 Å². The highest BCUT2D eigenvalue weighted by molar-refractivity contribution is 7.93. The summed E-state index contributed by atoms with van der Waals surface area (Å²) in [5, 5.41) is 0. The summed E-state index contributed by atoms with van der Waals surface area (Å²) in [5.74, 6) is 1.07. The number of aromatic nitrogens is 2. The molecule has 6 heteroatoms. The van der Waals surface area contributed by atoms with E-state index in [-0.39, 0.29) is 6.54 Å². The Balaban J connectivity index is 1.50. The molecule has 2 heterocycles. The summed E-state index contributed by atoms with van der Waals surface area (Å²) in [6.07, 6.45) is 8.39. The lowest BCUT2D eigenvalue weighted by atomic mass is 9.98. The number of aryl methyl sites for hydroxylation is 3. The van der Waals surface area contributed by atoms with Gasteiger partial charge in [-0.2, -0.15) is 0 Å². The van der Waals surface area contributed by atoms with Crippen LogP contribution in [-0.2, 0) is 36.0 Å². The number of nitrogens with one attached hydrogen (secondary N) is 1. The molecule has 1 aliphatic carbocycles. The maximum Gasteiger partial charge on any atom is 0.237 e. The van der Waals surface area contributed by atoms with Crippen molar-refractivity contribution < 1.29 is 8.42 Å². The molecule has 126 valence electrons. The van der Waals surface area contributed by atoms with Gasteiger partial charge in [0.1, 0.15) is 5.82 Å². The quantitative estimate of drug-likeness (QED) is 0.928. The van der Waals surface area contributed by atoms with E-state index in [9.17, 15) is 8.42 Å². The van der Waals surface area contributed by atoms with E-state index in [1.807, 2.05) is 24.4 Å². The average molecular weight is 343 g/mol. The zero-order valence-corrected chi connectivity index (χ0v) is 14.3. The summed E-state index contributed by atoms with van der Waals surface area (Å²) >= 11 is 0. The van der Waals surface area contributed by atoms with Crippen LogP contribution in [0.4, 0.5) is 0 Å². The minimum atomic E-state index is -3.46. The lowest BCUT2D eigenvalue weighted by Gasteiger charge is -2.16. The molecular weight excluding hydrogens is 322 g/mol. The number of hydrogen-bond acceptors (Lipinski definition) is 3. The molecule has 0 fully saturated rings. The number of allylic oxidation sites excluding steroid dienone is 1. The zero-order chi connectivity index (χ0) is 16.6. The molecule has 4 rings (SSSR count). The average Bonchev–Trinajstić information content (AvgIpc) is 3.03. The lowest BCUT2D eigenvalue weighted by Crippen LogP contribution is -2.26. The monoisotopic (exact) mass is 343 g/mol. The summed E-state index contributed by atoms with van der Waals surface area (Å²) in [7, 11) is -3.46. The smallest absolute Gasteiger partial charge is 0.237 e. The van der Waals surface area contributed by atoms with Crippen molar-refractivity contribution in [1.29, 1.82) is 0 Å². The van der Waals surface area contributed by atoms with Crippen LogP contribution in [0.15, 0.2) is 35.4 Å². The normalized spacial score (nSPS) is 17.1. The van der Waals surface area contributed by atoms with Crippen molar-refractivity contribution in [3.8, 4) is 0 Å². The maximum atomic E-state index is 12.6. The Kier molecular flexibility index (Phi) is 4.02. The fourth-order valence-electron chi connectivity index (χ4n) is 3.44. The van der Waals surface area contributed by atoms with E-state index >= 15 is 0 Å². The highest BCUT2D eigenvalue weighted by Crippen LogP contribution is 2.26. The number of rotatable bonds is 4. The second-order valence-electron chi connectivity index (χ2n) is 6.43. The lowest BCUT2D eigenvalue weighted by molar-refractivity contribution is 0.522. The van der Waals surface area contributed by atoms with E-state index in [1.165, 1.54) is 12.0 Å². The first kappa shape index (κ1) is 15.6. The van der Waals surface area contributed by atoms with Crippen molar-refractivity contribution in [2.75, 3.05) is 0 Å². The topological polar surface area (TPSA) is 64.0 Å². The summed E-state index contributed by atoms with van der Waals surface area (Å²) < 4.78 is 30.1. The van der Waals surface area contributed by atoms with Gasteiger partial charge in [0.2, 0.25) is 10.0 Å². The molecule has 0 bridgehead atoms. The number of imidazole rings is 1. The molecule has 0 atom stereocenters. The SMILES string of the molecule is O=S(=O)(NCc1cn2c(n1)CCCC2)C1=Cc2ccccc2CC1. The molecule has 0 saturated carbocycles. The van der Waals surface area contributed by atoms with Crippen LogP contribution in [0.2, 0.25) is 0 Å². The zero-order valence-electron chi connectivity index (χ0n) is 13.5. The highest BCUT2D eigenvalue weighted by atomic mass is 32.2. The first-order valence-electron chi connectivity index (χ1n) is 8.45. The van der Waals surface area contributed by atoms with Crippen LogP contribution in [0.3, 0.4) is 0 Å². The standard InChI is InChI=1S/C18H21N3O2S/c22-24(23,17-9-8-14-5-1-2-6-15(14)11-17)19-12-16-13-21-10-4-3-7-18(21)20-16/h1-2,5-6,11,13,19H,3-4,7-10,12H2. The van der Waals surface area contributed by atoms with Crippen LogP contribution < -0.4 is 4.72 Å². The van der Waals surface area contributed by atoms with Crippen LogP contribution in [0, 0.1) is 0 Å². The van der Waals surface area contributed by atoms with Gasteiger partial charge in [0.05, 0.1) is 17.1 Å². The fourth-order valence-corrected chi connectivity index (χ4v) is 4.61. The van der Waals surface area contributed by atoms with Crippen LogP contribution in [0.1, 0.15) is 41.9 Å². The van der Waals surface area contributed by atoms with Crippen molar-refractivity contribution >= 4 is 16.1 Å². The predicted molar refractivity (Wildman–Crippen MR) is 93.7 cm³/mol. The minimum absolute atomic E-state index is 0.251. The van der Waals surface area contributed by atoms with Gasteiger partial charge in [-0.15, -0.1) is 0 Å². The van der Waals surface area contributed by atoms with Crippen LogP contribution >= 0.6 is 0 Å². The van der Waals surface area contributed by atoms with E-state index in [4.69, 9.17) is 0 Å². The Morgan fingerprint density at radius 2 is 2.00 bits per heavy atom. The molecule has 0 amide bonds. The van der Waals surface area contributed by atoms with Gasteiger partial charge in [-0.3, -0.25) is 0 Å². The number of fused-ring (bicyclic) bond motifs is 2. The van der Waals surface area contributed by atoms with Crippen molar-refractivity contribution in [2.24, 2.45) is 0 Å². The maximum absolute atomic E-state index is 12.6. The van der Waals surface area contributed by atoms with Crippen LogP contribution in [0.5, 0.6) is 0 Å². The molecule has 0 radical (unpaired) electrons. The Hall–Kier alpha value is -1.92. The van der Waals surface area contributed by atoms with Crippen molar-refractivity contribution in [3.05, 3.63) is 58.0 Å². The molecule has 2 aromatic rings. The first-order chi connectivity index (χ1) is 11.6. The molecule has 5 nitrogen and oxygen atoms in total. The number of sulfonamides is 1. The first-order valence-corrected chi connectivity index (χ1v) is 9.93. The summed E-state index contributed by atoms with van der Waals surface area (Å²) in [4.78, 5) is 5.01. The van der Waals surface area contributed by atoms with Gasteiger partial charge in [-0.1, -0.05) is 24.3 Å². The minimum Gasteiger partial charge on any atom is -0.335 e. The fraction of sp³-hybridized carbons (Fsp3) is 0.389. The van der Waals surface area contributed by atoms with Gasteiger partial charge in [0.15, 0.2) is 0 Å². The molecule has 24 heavy (non-hydrogen) atoms. The molecule has 0 spiro atoms. The van der Waals surface area contributed by atoms with E-state index < -0.39 is 10.0 Å². The molecule has 2 aliphatic rings. The third kappa shape index (κ3) is 3.03. The van der Waals surface area contributed by atoms with Gasteiger partial charge in [0, 0.05) is 19.2 Å². The van der Waals surface area contributed by atoms with Crippen molar-refractivity contribution in [2.45, 2.75) is 45.2 Å². The van der Waals surface area contributed by atoms with Gasteiger partial charge in [0.25, 0.3) is 0 Å². The molecule has 0 unspecified atom stereocenters. The number of hydrogen-bond donors (Lipinski definition) is 1. The van der Waals surface area contributed by atoms with Crippen LogP contribution in [-0.4, -0.2) is 18.0 Å². The molecule has 1 aliphatic heterocycles. The van der Waals surface area contributed by atoms with Gasteiger partial charge in [-0.05, 0) is 42.9 Å². The predicted octanol–water partition coefficient (Wildman–Crippen LogP) is 2.63. The Labute approximate surface area is 142 Å². The third-order valence-corrected chi connectivity index (χ3v) is 6.30. The molecule has 1 aromatic carbocycles. The molecule has 0 saturated heterocycles. The molecule has 1 N–H and O–H groups in total. The van der Waals surface area contributed by atoms with Crippen molar-refractivity contribution in [3.63, 3.8) is 0 Å². The van der Waals surface area contributed by atoms with E-state index in [0.29, 0.717) is 11.3 Å². The van der Waals surface area contributed by atoms with Crippen molar-refractivity contribution in [1.82, 2.24) is 14.3 Å². The summed E-state index contributed by atoms with van der Waals surface area (Å²) in [6, 6.07) is 7.95. The second-order valence-corrected chi connectivity index (χ2v) is 8.25. The molecule has 1 aromatic heterocycles. The highest BCUT2D eigenvalue weighted by Gasteiger charge is 2.22. The third-order valence-electron chi connectivity index (χ3n) is 4.76. The summed E-state index contributed by atoms with van der Waals surface area (Å²) in [6.45, 7) is 1.23. The van der Waals surface area contributed by atoms with Crippen LogP contribution in [0.25, 0.3) is 6.08 Å². The van der Waals surface area contributed by atoms with Gasteiger partial charge in [-0.25, -0.2) is 18.1 Å². The van der Waals surface area contributed by atoms with Gasteiger partial charge < -0.3 is 4.57 Å². The Morgan fingerprint density at radius 3 is 2.88 bits per heavy atom. The largest absolute Gasteiger partial charge is 0.335 e. The van der Waals surface area contributed by atoms with E-state index in [1.54, 1.807) is 6.08 Å². The van der Waals surface area contributed by atoms with E-state index in [0.717, 1.165) is 42.9 Å². The second kappa shape index (κ2) is 6.18. The number of benzene rings is 1. The Bertz CT molecular complexity index is 873. The number of nitrogens with zero attached hydrogens (tertiary/aromatic N) is 2. The summed E-state index contributed by atoms with van der Waals surface area (Å²) in [5.41, 5.74) is 3.01.